The van der Waals surface area contributed by atoms with Gasteiger partial charge >= 0.3 is 0 Å². The number of Topliss-reactive ketones (excluding diaryl/α,β-unsaturated/α-hetero) is 1. The minimum atomic E-state index is -3.62. The molecule has 0 radical (unpaired) electrons. The lowest BCUT2D eigenvalue weighted by Crippen LogP contribution is -2.48. The number of carbonyl (C=O) groups is 2. The predicted molar refractivity (Wildman–Crippen MR) is 124 cm³/mol. The average molecular weight is 511 g/mol. The van der Waals surface area contributed by atoms with Crippen molar-refractivity contribution < 1.29 is 18.0 Å². The number of sulfonamides is 1. The highest BCUT2D eigenvalue weighted by molar-refractivity contribution is 9.10. The minimum Gasteiger partial charge on any atom is -0.326 e. The zero-order chi connectivity index (χ0) is 22.8. The molecule has 1 saturated heterocycles. The largest absolute Gasteiger partial charge is 0.326 e. The third kappa shape index (κ3) is 3.00. The Labute approximate surface area is 193 Å². The quantitative estimate of drug-likeness (QED) is 0.613. The van der Waals surface area contributed by atoms with Gasteiger partial charge in [-0.3, -0.25) is 9.59 Å². The zero-order valence-corrected chi connectivity index (χ0v) is 21.0. The number of alkyl halides is 1. The molecule has 1 N–H and O–H groups in total. The second-order valence-electron chi connectivity index (χ2n) is 10.1. The van der Waals surface area contributed by atoms with Crippen molar-refractivity contribution in [3.63, 3.8) is 0 Å². The summed E-state index contributed by atoms with van der Waals surface area (Å²) in [6.07, 6.45) is 4.08. The molecular weight excluding hydrogens is 480 g/mol. The second kappa shape index (κ2) is 7.39. The summed E-state index contributed by atoms with van der Waals surface area (Å²) in [6.45, 7) is 8.79. The fourth-order valence-electron chi connectivity index (χ4n) is 5.90. The number of carbonyl (C=O) groups excluding carboxylic acids is 2. The molecule has 2 aliphatic carbocycles. The monoisotopic (exact) mass is 510 g/mol. The number of rotatable bonds is 4. The van der Waals surface area contributed by atoms with Crippen molar-refractivity contribution in [2.45, 2.75) is 69.5 Å². The van der Waals surface area contributed by atoms with Gasteiger partial charge < -0.3 is 5.32 Å². The van der Waals surface area contributed by atoms with Gasteiger partial charge in [-0.1, -0.05) is 49.2 Å². The molecule has 1 amide bonds. The summed E-state index contributed by atoms with van der Waals surface area (Å²) in [4.78, 5) is 26.3. The van der Waals surface area contributed by atoms with E-state index in [4.69, 9.17) is 0 Å². The number of nitrogens with zero attached hydrogens (tertiary/aromatic N) is 1. The van der Waals surface area contributed by atoms with Crippen LogP contribution in [0.15, 0.2) is 23.1 Å². The van der Waals surface area contributed by atoms with Gasteiger partial charge in [-0.15, -0.1) is 0 Å². The molecule has 3 fully saturated rings. The minimum absolute atomic E-state index is 0.0798. The normalized spacial score (nSPS) is 32.9. The van der Waals surface area contributed by atoms with E-state index in [9.17, 15) is 18.0 Å². The van der Waals surface area contributed by atoms with E-state index in [1.165, 1.54) is 0 Å². The molecule has 2 bridgehead atoms. The second-order valence-corrected chi connectivity index (χ2v) is 12.9. The van der Waals surface area contributed by atoms with Crippen LogP contribution in [0.5, 0.6) is 0 Å². The molecule has 4 rings (SSSR count). The number of piperidine rings is 1. The SMILES string of the molecule is Cc1ccc(NC(=O)C23CCC(C)(C(=O)C2Br)C3(C)C)cc1S(=O)(=O)N1CCCCC1. The van der Waals surface area contributed by atoms with Crippen molar-refractivity contribution in [2.24, 2.45) is 16.2 Å². The summed E-state index contributed by atoms with van der Waals surface area (Å²) in [5.41, 5.74) is -0.818. The lowest BCUT2D eigenvalue weighted by Gasteiger charge is -2.39. The molecule has 8 heteroatoms. The number of ketones is 1. The number of aryl methyl sites for hydroxylation is 1. The molecule has 6 nitrogen and oxygen atoms in total. The molecule has 3 atom stereocenters. The van der Waals surface area contributed by atoms with E-state index in [0.717, 1.165) is 19.3 Å². The van der Waals surface area contributed by atoms with Crippen LogP contribution in [-0.4, -0.2) is 42.3 Å². The van der Waals surface area contributed by atoms with Crippen LogP contribution in [0.1, 0.15) is 58.4 Å². The summed E-state index contributed by atoms with van der Waals surface area (Å²) in [6, 6.07) is 5.04. The number of hydrogen-bond donors (Lipinski definition) is 1. The average Bonchev–Trinajstić information content (AvgIpc) is 3.01. The van der Waals surface area contributed by atoms with E-state index in [0.29, 0.717) is 37.2 Å². The van der Waals surface area contributed by atoms with Gasteiger partial charge in [0.15, 0.2) is 5.78 Å². The lowest BCUT2D eigenvalue weighted by atomic mass is 9.64. The first-order valence-electron chi connectivity index (χ1n) is 11.0. The Morgan fingerprint density at radius 1 is 1.13 bits per heavy atom. The van der Waals surface area contributed by atoms with E-state index in [1.54, 1.807) is 29.4 Å². The van der Waals surface area contributed by atoms with Gasteiger partial charge in [0, 0.05) is 24.2 Å². The van der Waals surface area contributed by atoms with Crippen LogP contribution < -0.4 is 5.32 Å². The number of fused-ring (bicyclic) bond motifs is 2. The highest BCUT2D eigenvalue weighted by Gasteiger charge is 2.76. The molecule has 170 valence electrons. The number of halogens is 1. The van der Waals surface area contributed by atoms with Crippen LogP contribution in [-0.2, 0) is 19.6 Å². The first-order valence-corrected chi connectivity index (χ1v) is 13.4. The first-order chi connectivity index (χ1) is 14.4. The van der Waals surface area contributed by atoms with Crippen LogP contribution in [0, 0.1) is 23.2 Å². The molecule has 1 aliphatic heterocycles. The van der Waals surface area contributed by atoms with Gasteiger partial charge in [0.2, 0.25) is 15.9 Å². The van der Waals surface area contributed by atoms with Crippen LogP contribution >= 0.6 is 15.9 Å². The lowest BCUT2D eigenvalue weighted by molar-refractivity contribution is -0.130. The maximum atomic E-state index is 13.6. The van der Waals surface area contributed by atoms with Gasteiger partial charge in [0.05, 0.1) is 15.1 Å². The number of nitrogens with one attached hydrogen (secondary N) is 1. The Morgan fingerprint density at radius 2 is 1.77 bits per heavy atom. The van der Waals surface area contributed by atoms with Gasteiger partial charge in [0.25, 0.3) is 0 Å². The van der Waals surface area contributed by atoms with Crippen molar-refractivity contribution in [3.8, 4) is 0 Å². The van der Waals surface area contributed by atoms with Crippen molar-refractivity contribution in [2.75, 3.05) is 18.4 Å². The van der Waals surface area contributed by atoms with Crippen LogP contribution in [0.2, 0.25) is 0 Å². The summed E-state index contributed by atoms with van der Waals surface area (Å²) in [5, 5.41) is 2.96. The summed E-state index contributed by atoms with van der Waals surface area (Å²) < 4.78 is 28.0. The zero-order valence-electron chi connectivity index (χ0n) is 18.6. The third-order valence-electron chi connectivity index (χ3n) is 8.50. The molecule has 3 unspecified atom stereocenters. The fourth-order valence-corrected chi connectivity index (χ4v) is 9.18. The standard InChI is InChI=1S/C23H31BrN2O4S/c1-15-8-9-16(14-17(15)31(29,30)26-12-6-5-7-13-26)25-20(28)23-11-10-22(4,21(23,2)3)19(27)18(23)24/h8-9,14,18H,5-7,10-13H2,1-4H3,(H,25,28). The first kappa shape index (κ1) is 22.9. The Kier molecular flexibility index (Phi) is 5.46. The number of benzene rings is 1. The summed E-state index contributed by atoms with van der Waals surface area (Å²) >= 11 is 3.54. The molecule has 31 heavy (non-hydrogen) atoms. The van der Waals surface area contributed by atoms with E-state index in [-0.39, 0.29) is 16.6 Å². The highest BCUT2D eigenvalue weighted by Crippen LogP contribution is 2.72. The maximum Gasteiger partial charge on any atom is 0.243 e. The Balaban J connectivity index is 1.66. The third-order valence-corrected chi connectivity index (χ3v) is 11.7. The molecule has 3 aliphatic rings. The Morgan fingerprint density at radius 3 is 2.35 bits per heavy atom. The molecule has 1 aromatic carbocycles. The molecular formula is C23H31BrN2O4S. The van der Waals surface area contributed by atoms with Crippen molar-refractivity contribution in [1.29, 1.82) is 0 Å². The smallest absolute Gasteiger partial charge is 0.243 e. The van der Waals surface area contributed by atoms with Gasteiger partial charge in [-0.05, 0) is 55.7 Å². The van der Waals surface area contributed by atoms with E-state index >= 15 is 0 Å². The van der Waals surface area contributed by atoms with Crippen molar-refractivity contribution in [1.82, 2.24) is 4.31 Å². The summed E-state index contributed by atoms with van der Waals surface area (Å²) in [7, 11) is -3.62. The van der Waals surface area contributed by atoms with E-state index in [2.05, 4.69) is 21.2 Å². The number of anilines is 1. The topological polar surface area (TPSA) is 83.5 Å². The Bertz CT molecular complexity index is 1050. The molecule has 1 aromatic rings. The maximum absolute atomic E-state index is 13.6. The number of hydrogen-bond acceptors (Lipinski definition) is 4. The van der Waals surface area contributed by atoms with Crippen molar-refractivity contribution >= 4 is 43.3 Å². The van der Waals surface area contributed by atoms with Gasteiger partial charge in [-0.2, -0.15) is 4.31 Å². The fraction of sp³-hybridized carbons (Fsp3) is 0.652. The van der Waals surface area contributed by atoms with Crippen LogP contribution in [0.4, 0.5) is 5.69 Å². The van der Waals surface area contributed by atoms with E-state index in [1.807, 2.05) is 20.8 Å². The molecule has 0 spiro atoms. The molecule has 1 heterocycles. The van der Waals surface area contributed by atoms with Crippen molar-refractivity contribution in [3.05, 3.63) is 23.8 Å². The van der Waals surface area contributed by atoms with Crippen LogP contribution in [0.3, 0.4) is 0 Å². The summed E-state index contributed by atoms with van der Waals surface area (Å²) in [5.74, 6) is -0.143. The predicted octanol–water partition coefficient (Wildman–Crippen LogP) is 4.27. The van der Waals surface area contributed by atoms with Crippen LogP contribution in [0.25, 0.3) is 0 Å². The Hall–Kier alpha value is -1.25. The van der Waals surface area contributed by atoms with Gasteiger partial charge in [0.1, 0.15) is 0 Å². The van der Waals surface area contributed by atoms with E-state index < -0.39 is 31.1 Å². The highest BCUT2D eigenvalue weighted by atomic mass is 79.9. The molecule has 2 saturated carbocycles. The molecule has 0 aromatic heterocycles. The van der Waals surface area contributed by atoms with Gasteiger partial charge in [-0.25, -0.2) is 8.42 Å². The number of amides is 1.